The molecule has 29 heavy (non-hydrogen) atoms. The van der Waals surface area contributed by atoms with E-state index in [9.17, 15) is 19.2 Å². The van der Waals surface area contributed by atoms with E-state index in [1.807, 2.05) is 34.6 Å². The number of carbonyl (C=O) groups excluding carboxylic acids is 2. The van der Waals surface area contributed by atoms with Gasteiger partial charge in [0.15, 0.2) is 17.0 Å². The number of thioether (sulfide) groups is 2. The average Bonchev–Trinajstić information content (AvgIpc) is 2.61. The predicted octanol–water partition coefficient (Wildman–Crippen LogP) is 1.10. The van der Waals surface area contributed by atoms with Crippen LogP contribution in [0.4, 0.5) is 0 Å². The van der Waals surface area contributed by atoms with Gasteiger partial charge >= 0.3 is 11.1 Å². The number of amides is 1. The fourth-order valence-electron chi connectivity index (χ4n) is 3.18. The van der Waals surface area contributed by atoms with Crippen molar-refractivity contribution >= 4 is 35.2 Å². The highest BCUT2D eigenvalue weighted by molar-refractivity contribution is 8.18. The molecule has 9 nitrogen and oxygen atoms in total. The zero-order valence-electron chi connectivity index (χ0n) is 17.4. The minimum Gasteiger partial charge on any atom is -0.368 e. The monoisotopic (exact) mass is 440 g/mol. The number of ketones is 1. The molecule has 0 aromatic carbocycles. The number of hydrogen-bond acceptors (Lipinski definition) is 8. The molecule has 1 aromatic heterocycles. The third-order valence-electron chi connectivity index (χ3n) is 5.00. The number of methoxy groups -OCH3 is 1. The summed E-state index contributed by atoms with van der Waals surface area (Å²) >= 11 is 2.71. The lowest BCUT2D eigenvalue weighted by Crippen LogP contribution is -2.67. The molecule has 2 aliphatic rings. The number of aromatic nitrogens is 3. The quantitative estimate of drug-likeness (QED) is 0.547. The van der Waals surface area contributed by atoms with Gasteiger partial charge < -0.3 is 4.74 Å². The van der Waals surface area contributed by atoms with E-state index >= 15 is 0 Å². The van der Waals surface area contributed by atoms with Gasteiger partial charge in [0.05, 0.1) is 9.78 Å². The maximum absolute atomic E-state index is 13.2. The molecule has 0 radical (unpaired) electrons. The Morgan fingerprint density at radius 2 is 1.93 bits per heavy atom. The molecule has 0 saturated carbocycles. The van der Waals surface area contributed by atoms with Crippen molar-refractivity contribution in [2.45, 2.75) is 55.3 Å². The van der Waals surface area contributed by atoms with Crippen LogP contribution >= 0.6 is 23.5 Å². The number of nitrogens with zero attached hydrogens (tertiary/aromatic N) is 3. The van der Waals surface area contributed by atoms with Crippen LogP contribution in [0, 0.1) is 5.41 Å². The smallest absolute Gasteiger partial charge is 0.339 e. The Morgan fingerprint density at radius 3 is 2.48 bits per heavy atom. The van der Waals surface area contributed by atoms with Crippen LogP contribution in [-0.2, 0) is 21.4 Å². The minimum absolute atomic E-state index is 0.140. The van der Waals surface area contributed by atoms with Crippen molar-refractivity contribution in [3.63, 3.8) is 0 Å². The fourth-order valence-corrected chi connectivity index (χ4v) is 6.20. The van der Waals surface area contributed by atoms with Crippen LogP contribution in [0.3, 0.4) is 0 Å². The molecule has 1 unspecified atom stereocenters. The van der Waals surface area contributed by atoms with Crippen LogP contribution in [0.25, 0.3) is 0 Å². The Labute approximate surface area is 176 Å². The molecule has 3 atom stereocenters. The van der Waals surface area contributed by atoms with Crippen LogP contribution in [-0.4, -0.2) is 54.0 Å². The Hall–Kier alpha value is -1.85. The van der Waals surface area contributed by atoms with E-state index in [0.29, 0.717) is 16.4 Å². The molecule has 1 saturated heterocycles. The van der Waals surface area contributed by atoms with Crippen molar-refractivity contribution in [1.82, 2.24) is 19.7 Å². The number of ether oxygens (including phenoxy) is 1. The van der Waals surface area contributed by atoms with Gasteiger partial charge in [-0.15, -0.1) is 11.8 Å². The summed E-state index contributed by atoms with van der Waals surface area (Å²) in [4.78, 5) is 54.5. The van der Waals surface area contributed by atoms with Gasteiger partial charge in [0.2, 0.25) is 0 Å². The summed E-state index contributed by atoms with van der Waals surface area (Å²) in [6.07, 6.45) is -0.650. The molecule has 0 spiro atoms. The number of carbonyl (C=O) groups is 2. The van der Waals surface area contributed by atoms with E-state index in [1.165, 1.54) is 40.2 Å². The zero-order chi connectivity index (χ0) is 21.9. The second-order valence-corrected chi connectivity index (χ2v) is 11.4. The van der Waals surface area contributed by atoms with Crippen molar-refractivity contribution in [2.24, 2.45) is 12.5 Å². The SMILES string of the molecule is CO[C@H]1C(=O)N2C(C(=O)C(C)(C)C)=C(C)C(C)(Sc3nc(=O)c(=O)[nH]n3C)S[C@@H]12. The van der Waals surface area contributed by atoms with Gasteiger partial charge in [-0.05, 0) is 19.4 Å². The van der Waals surface area contributed by atoms with E-state index in [-0.39, 0.29) is 17.1 Å². The largest absolute Gasteiger partial charge is 0.368 e. The van der Waals surface area contributed by atoms with Gasteiger partial charge in [-0.25, -0.2) is 0 Å². The summed E-state index contributed by atoms with van der Waals surface area (Å²) in [6.45, 7) is 9.15. The zero-order valence-corrected chi connectivity index (χ0v) is 19.0. The van der Waals surface area contributed by atoms with E-state index in [1.54, 1.807) is 7.05 Å². The first-order valence-electron chi connectivity index (χ1n) is 8.98. The summed E-state index contributed by atoms with van der Waals surface area (Å²) < 4.78 is 6.01. The second-order valence-electron chi connectivity index (χ2n) is 8.17. The molecule has 1 N–H and O–H groups in total. The Kier molecular flexibility index (Phi) is 5.38. The molecule has 3 heterocycles. The first-order chi connectivity index (χ1) is 13.3. The number of allylic oxidation sites excluding steroid dienone is 1. The van der Waals surface area contributed by atoms with Gasteiger partial charge in [-0.1, -0.05) is 32.5 Å². The molecule has 1 amide bonds. The maximum Gasteiger partial charge on any atom is 0.339 e. The van der Waals surface area contributed by atoms with Crippen LogP contribution in [0.2, 0.25) is 0 Å². The third kappa shape index (κ3) is 3.49. The highest BCUT2D eigenvalue weighted by atomic mass is 32.2. The van der Waals surface area contributed by atoms with Gasteiger partial charge in [-0.3, -0.25) is 33.9 Å². The van der Waals surface area contributed by atoms with Crippen molar-refractivity contribution in [3.8, 4) is 0 Å². The lowest BCUT2D eigenvalue weighted by Gasteiger charge is -2.54. The molecule has 158 valence electrons. The molecule has 1 aromatic rings. The second kappa shape index (κ2) is 7.13. The Balaban J connectivity index is 2.14. The summed E-state index contributed by atoms with van der Waals surface area (Å²) in [6, 6.07) is 0. The number of H-pyrrole nitrogens is 1. The van der Waals surface area contributed by atoms with Crippen molar-refractivity contribution in [1.29, 1.82) is 0 Å². The number of hydrogen-bond donors (Lipinski definition) is 1. The Morgan fingerprint density at radius 1 is 1.31 bits per heavy atom. The van der Waals surface area contributed by atoms with E-state index in [0.717, 1.165) is 0 Å². The summed E-state index contributed by atoms with van der Waals surface area (Å²) in [5.41, 5.74) is -1.30. The number of rotatable bonds is 4. The highest BCUT2D eigenvalue weighted by Crippen LogP contribution is 2.57. The standard InChI is InChI=1S/C18H24N4O5S2/c1-8-9(11(23)17(2,3)4)22-14(26)10(27-7)15(22)28-18(8,5)29-16-19-12(24)13(25)20-21(16)6/h10,15H,1-7H3,(H,20,25)/t10-,15-,18?/m0/s1. The van der Waals surface area contributed by atoms with Crippen molar-refractivity contribution < 1.29 is 14.3 Å². The lowest BCUT2D eigenvalue weighted by molar-refractivity contribution is -0.160. The molecule has 11 heteroatoms. The number of Topliss-reactive ketones (excluding diaryl/α,β-unsaturated/α-hetero) is 1. The van der Waals surface area contributed by atoms with Crippen molar-refractivity contribution in [3.05, 3.63) is 32.0 Å². The topological polar surface area (TPSA) is 114 Å². The van der Waals surface area contributed by atoms with Crippen LogP contribution in [0.15, 0.2) is 26.0 Å². The number of aryl methyl sites for hydroxylation is 1. The van der Waals surface area contributed by atoms with E-state index < -0.39 is 26.7 Å². The van der Waals surface area contributed by atoms with Gasteiger partial charge in [0.25, 0.3) is 5.91 Å². The minimum atomic E-state index is -0.877. The molecular weight excluding hydrogens is 416 g/mol. The van der Waals surface area contributed by atoms with Crippen molar-refractivity contribution in [2.75, 3.05) is 7.11 Å². The molecule has 2 aliphatic heterocycles. The first-order valence-corrected chi connectivity index (χ1v) is 10.7. The highest BCUT2D eigenvalue weighted by Gasteiger charge is 2.59. The summed E-state index contributed by atoms with van der Waals surface area (Å²) in [7, 11) is 3.05. The van der Waals surface area contributed by atoms with Crippen LogP contribution < -0.4 is 11.1 Å². The molecule has 1 fully saturated rings. The van der Waals surface area contributed by atoms with E-state index in [2.05, 4.69) is 10.1 Å². The maximum atomic E-state index is 13.2. The molecule has 3 rings (SSSR count). The molecule has 0 aliphatic carbocycles. The fraction of sp³-hybridized carbons (Fsp3) is 0.611. The Bertz CT molecular complexity index is 1040. The van der Waals surface area contributed by atoms with Gasteiger partial charge in [0, 0.05) is 19.6 Å². The third-order valence-corrected chi connectivity index (χ3v) is 8.24. The number of nitrogens with one attached hydrogen (secondary N) is 1. The number of fused-ring (bicyclic) bond motifs is 1. The van der Waals surface area contributed by atoms with Crippen LogP contribution in [0.5, 0.6) is 0 Å². The van der Waals surface area contributed by atoms with Gasteiger partial charge in [-0.2, -0.15) is 4.98 Å². The predicted molar refractivity (Wildman–Crippen MR) is 111 cm³/mol. The van der Waals surface area contributed by atoms with E-state index in [4.69, 9.17) is 4.74 Å². The average molecular weight is 441 g/mol. The first kappa shape index (κ1) is 21.8. The van der Waals surface area contributed by atoms with Gasteiger partial charge in [0.1, 0.15) is 5.37 Å². The lowest BCUT2D eigenvalue weighted by atomic mass is 9.85. The molecular formula is C18H24N4O5S2. The molecule has 0 bridgehead atoms. The summed E-state index contributed by atoms with van der Waals surface area (Å²) in [5.74, 6) is -0.378. The number of aromatic amines is 1. The summed E-state index contributed by atoms with van der Waals surface area (Å²) in [5, 5.41) is 2.37. The van der Waals surface area contributed by atoms with Crippen LogP contribution in [0.1, 0.15) is 34.6 Å². The number of β-lactam (4-membered cyclic amide) rings is 1. The normalized spacial score (nSPS) is 27.0.